The number of hydrogen-bond donors (Lipinski definition) is 3. The van der Waals surface area contributed by atoms with E-state index in [9.17, 15) is 31.5 Å². The molecule has 0 saturated heterocycles. The zero-order valence-electron chi connectivity index (χ0n) is 48.0. The van der Waals surface area contributed by atoms with Crippen molar-refractivity contribution in [3.05, 3.63) is 71.7 Å². The Kier molecular flexibility index (Phi) is 17.5. The quantitative estimate of drug-likeness (QED) is 0.0681. The number of carboxylic acid groups (broad SMARTS) is 1. The third kappa shape index (κ3) is 14.2. The molecule has 0 bridgehead atoms. The Bertz CT molecular complexity index is 3300. The zero-order valence-corrected chi connectivity index (χ0v) is 49.6. The van der Waals surface area contributed by atoms with Gasteiger partial charge in [0.25, 0.3) is 0 Å². The van der Waals surface area contributed by atoms with Crippen molar-refractivity contribution < 1.29 is 50.1 Å². The first-order valence-corrected chi connectivity index (χ1v) is 29.1. The number of fused-ring (bicyclic) bond motifs is 2. The lowest BCUT2D eigenvalue weighted by Crippen LogP contribution is -2.44. The highest BCUT2D eigenvalue weighted by molar-refractivity contribution is 7.94. The van der Waals surface area contributed by atoms with Gasteiger partial charge in [0, 0.05) is 63.1 Å². The molecule has 2 saturated carbocycles. The Morgan fingerprint density at radius 3 is 1.40 bits per heavy atom. The number of methoxy groups -OCH3 is 2. The number of imidazole rings is 2. The van der Waals surface area contributed by atoms with Gasteiger partial charge in [-0.3, -0.25) is 9.59 Å². The number of hydrogen-bond acceptors (Lipinski definition) is 15. The molecule has 4 aromatic heterocycles. The second kappa shape index (κ2) is 22.2. The smallest absolute Gasteiger partial charge is 0.324 e. The molecular formula is C56H82N8O11S2. The molecule has 0 unspecified atom stereocenters. The van der Waals surface area contributed by atoms with Gasteiger partial charge < -0.3 is 43.8 Å². The van der Waals surface area contributed by atoms with Gasteiger partial charge in [0.15, 0.2) is 36.1 Å². The Labute approximate surface area is 454 Å². The molecule has 2 aliphatic carbocycles. The molecule has 2 aliphatic rings. The summed E-state index contributed by atoms with van der Waals surface area (Å²) in [5.74, 6) is 3.00. The van der Waals surface area contributed by atoms with Crippen molar-refractivity contribution in [2.24, 2.45) is 22.7 Å². The Morgan fingerprint density at radius 2 is 1.04 bits per heavy atom. The van der Waals surface area contributed by atoms with Crippen molar-refractivity contribution in [2.45, 2.75) is 179 Å². The molecule has 19 nitrogen and oxygen atoms in total. The van der Waals surface area contributed by atoms with Crippen LogP contribution in [-0.2, 0) is 75.5 Å². The topological polar surface area (TPSA) is 267 Å². The monoisotopic (exact) mass is 1110 g/mol. The third-order valence-electron chi connectivity index (χ3n) is 13.9. The molecule has 424 valence electrons. The van der Waals surface area contributed by atoms with Gasteiger partial charge in [-0.05, 0) is 112 Å². The molecule has 8 rings (SSSR count). The zero-order chi connectivity index (χ0) is 57.5. The highest BCUT2D eigenvalue weighted by Crippen LogP contribution is 2.38. The molecule has 4 N–H and O–H groups in total. The highest BCUT2D eigenvalue weighted by atomic mass is 32.2. The van der Waals surface area contributed by atoms with E-state index in [1.807, 2.05) is 33.8 Å². The van der Waals surface area contributed by atoms with Crippen LogP contribution in [0.25, 0.3) is 22.1 Å². The fraction of sp³-hybridized carbons (Fsp3) is 0.607. The number of carbonyl (C=O) groups excluding carboxylic acids is 1. The molecule has 4 heterocycles. The summed E-state index contributed by atoms with van der Waals surface area (Å²) in [5.41, 5.74) is 7.96. The van der Waals surface area contributed by atoms with Crippen LogP contribution in [0.3, 0.4) is 0 Å². The number of nitrogen functional groups attached to an aromatic ring is 1. The van der Waals surface area contributed by atoms with E-state index < -0.39 is 46.5 Å². The molecule has 0 aliphatic heterocycles. The van der Waals surface area contributed by atoms with Gasteiger partial charge in [-0.1, -0.05) is 79.6 Å². The molecular weight excluding hydrogens is 1020 g/mol. The minimum absolute atomic E-state index is 0.000723. The van der Waals surface area contributed by atoms with Crippen LogP contribution < -0.4 is 11.1 Å². The lowest BCUT2D eigenvalue weighted by Gasteiger charge is -2.23. The van der Waals surface area contributed by atoms with E-state index in [2.05, 4.69) is 66.3 Å². The maximum absolute atomic E-state index is 13.7. The van der Waals surface area contributed by atoms with E-state index in [0.717, 1.165) is 54.4 Å². The molecule has 0 spiro atoms. The summed E-state index contributed by atoms with van der Waals surface area (Å²) in [6.07, 6.45) is 6.42. The molecule has 2 fully saturated rings. The van der Waals surface area contributed by atoms with Gasteiger partial charge in [0.1, 0.15) is 27.9 Å². The van der Waals surface area contributed by atoms with Gasteiger partial charge >= 0.3 is 5.97 Å². The predicted octanol–water partition coefficient (Wildman–Crippen LogP) is 9.99. The van der Waals surface area contributed by atoms with E-state index in [0.29, 0.717) is 47.7 Å². The van der Waals surface area contributed by atoms with Crippen molar-refractivity contribution >= 4 is 65.3 Å². The minimum atomic E-state index is -4.07. The second-order valence-electron chi connectivity index (χ2n) is 25.6. The van der Waals surface area contributed by atoms with Gasteiger partial charge in [0.2, 0.25) is 5.91 Å². The van der Waals surface area contributed by atoms with Crippen molar-refractivity contribution in [1.29, 1.82) is 0 Å². The maximum Gasteiger partial charge on any atom is 0.324 e. The summed E-state index contributed by atoms with van der Waals surface area (Å²) in [6, 6.07) is 13.1. The van der Waals surface area contributed by atoms with E-state index in [1.54, 1.807) is 44.6 Å². The average Bonchev–Trinajstić information content (AvgIpc) is 4.14. The number of nitrogens with two attached hydrogens (primary N) is 1. The first kappa shape index (κ1) is 60.6. The summed E-state index contributed by atoms with van der Waals surface area (Å²) in [5, 5.41) is 19.5. The fourth-order valence-corrected chi connectivity index (χ4v) is 11.3. The average molecular weight is 1110 g/mol. The van der Waals surface area contributed by atoms with Crippen LogP contribution in [0, 0.1) is 22.7 Å². The summed E-state index contributed by atoms with van der Waals surface area (Å²) < 4.78 is 74.6. The number of benzene rings is 2. The summed E-state index contributed by atoms with van der Waals surface area (Å²) in [7, 11) is -4.85. The van der Waals surface area contributed by atoms with Crippen LogP contribution >= 0.6 is 0 Å². The standard InChI is InChI=1S/C28H40N4O5S.C20H28N2O4S.C8H14N2O2/c1-26(2,3)15-24-29-20-13-19(11-12-21(20)32(24)16-18-9-10-18)38(34,35)28(6,7)25(33)30-23-14-22(37-31-23)27(4,5)17-36-8;1-19(2,3)11-17-21-15-10-14(27(25,26)20(4,5)18(23)24)8-9-16(15)22(17)12-13-6-7-13;1-8(2,5-11-3)6-4-7(9)10-12-6/h11-14,18H,9-10,15-17H2,1-8H3,(H,30,31,33);8-10,13H,6-7,11-12H2,1-5H3,(H,23,24);4H,5H2,1-3H3,(H2,9,10). The van der Waals surface area contributed by atoms with Crippen LogP contribution in [0.5, 0.6) is 0 Å². The molecule has 1 amide bonds. The predicted molar refractivity (Wildman–Crippen MR) is 297 cm³/mol. The Hall–Kier alpha value is -5.64. The van der Waals surface area contributed by atoms with E-state index >= 15 is 0 Å². The normalized spacial score (nSPS) is 15.0. The number of carbonyl (C=O) groups is 2. The van der Waals surface area contributed by atoms with Crippen LogP contribution in [0.15, 0.2) is 67.4 Å². The summed E-state index contributed by atoms with van der Waals surface area (Å²) >= 11 is 0. The number of anilines is 2. The van der Waals surface area contributed by atoms with E-state index in [1.165, 1.54) is 65.5 Å². The summed E-state index contributed by atoms with van der Waals surface area (Å²) in [4.78, 5) is 34.3. The molecule has 6 aromatic rings. The van der Waals surface area contributed by atoms with Crippen molar-refractivity contribution in [3.63, 3.8) is 0 Å². The maximum atomic E-state index is 13.7. The van der Waals surface area contributed by atoms with Crippen molar-refractivity contribution in [1.82, 2.24) is 29.4 Å². The van der Waals surface area contributed by atoms with Crippen LogP contribution in [-0.4, -0.2) is 100 Å². The minimum Gasteiger partial charge on any atom is -0.480 e. The van der Waals surface area contributed by atoms with Gasteiger partial charge in [-0.25, -0.2) is 26.8 Å². The lowest BCUT2D eigenvalue weighted by atomic mass is 9.91. The first-order chi connectivity index (χ1) is 35.4. The van der Waals surface area contributed by atoms with Crippen LogP contribution in [0.2, 0.25) is 0 Å². The SMILES string of the molecule is CC(C)(C)Cc1nc2cc(S(=O)(=O)C(C)(C)C(=O)O)ccc2n1CC1CC1.COCC(C)(C)c1cc(N)no1.COCC(C)(C)c1cc(NC(=O)C(C)(C)S(=O)(=O)c2ccc3c(c2)nc(CC(C)(C)C)n3CC2CC2)no1. The number of carboxylic acids is 1. The molecule has 77 heavy (non-hydrogen) atoms. The number of amides is 1. The number of aliphatic carboxylic acids is 1. The van der Waals surface area contributed by atoms with E-state index in [4.69, 9.17) is 34.2 Å². The molecule has 21 heteroatoms. The fourth-order valence-electron chi connectivity index (χ4n) is 8.61. The van der Waals surface area contributed by atoms with Crippen molar-refractivity contribution in [3.8, 4) is 0 Å². The number of ether oxygens (including phenoxy) is 2. The number of aromatic nitrogens is 6. The van der Waals surface area contributed by atoms with Crippen LogP contribution in [0.4, 0.5) is 11.6 Å². The number of nitrogens with zero attached hydrogens (tertiary/aromatic N) is 6. The molecule has 0 atom stereocenters. The number of nitrogens with one attached hydrogen (secondary N) is 1. The van der Waals surface area contributed by atoms with Gasteiger partial charge in [-0.2, -0.15) is 0 Å². The Balaban J connectivity index is 0.000000213. The Morgan fingerprint density at radius 1 is 0.636 bits per heavy atom. The molecule has 2 aromatic carbocycles. The third-order valence-corrected chi connectivity index (χ3v) is 18.7. The first-order valence-electron chi connectivity index (χ1n) is 26.1. The number of rotatable bonds is 19. The second-order valence-corrected chi connectivity index (χ2v) is 30.6. The highest BCUT2D eigenvalue weighted by Gasteiger charge is 2.45. The number of sulfone groups is 2. The van der Waals surface area contributed by atoms with Gasteiger partial charge in [0.05, 0.1) is 45.1 Å². The largest absolute Gasteiger partial charge is 0.480 e. The summed E-state index contributed by atoms with van der Waals surface area (Å²) in [6.45, 7) is 28.8. The van der Waals surface area contributed by atoms with Gasteiger partial charge in [-0.15, -0.1) is 0 Å². The van der Waals surface area contributed by atoms with Crippen molar-refractivity contribution in [2.75, 3.05) is 38.5 Å². The van der Waals surface area contributed by atoms with E-state index in [-0.39, 0.29) is 31.9 Å². The molecule has 0 radical (unpaired) electrons. The lowest BCUT2D eigenvalue weighted by molar-refractivity contribution is -0.139. The van der Waals surface area contributed by atoms with Crippen LogP contribution in [0.1, 0.15) is 146 Å².